The molecule has 0 saturated carbocycles. The van der Waals surface area contributed by atoms with E-state index in [1.807, 2.05) is 20.9 Å². The van der Waals surface area contributed by atoms with Crippen molar-refractivity contribution in [3.8, 4) is 6.07 Å². The molecule has 0 spiro atoms. The lowest BCUT2D eigenvalue weighted by Gasteiger charge is -2.32. The molecule has 4 heteroatoms. The lowest BCUT2D eigenvalue weighted by atomic mass is 9.89. The van der Waals surface area contributed by atoms with Gasteiger partial charge < -0.3 is 4.90 Å². The van der Waals surface area contributed by atoms with Gasteiger partial charge in [0.25, 0.3) is 0 Å². The summed E-state index contributed by atoms with van der Waals surface area (Å²) in [5.41, 5.74) is -0.210. The minimum atomic E-state index is -0.210. The Hall–Kier alpha value is -1.08. The van der Waals surface area contributed by atoms with Gasteiger partial charge >= 0.3 is 0 Å². The summed E-state index contributed by atoms with van der Waals surface area (Å²) in [5, 5.41) is 8.90. The fourth-order valence-corrected chi connectivity index (χ4v) is 1.96. The highest BCUT2D eigenvalue weighted by molar-refractivity contribution is 5.78. The Morgan fingerprint density at radius 3 is 2.65 bits per heavy atom. The first kappa shape index (κ1) is 14.0. The smallest absolute Gasteiger partial charge is 0.236 e. The zero-order chi connectivity index (χ0) is 12.9. The second kappa shape index (κ2) is 6.02. The van der Waals surface area contributed by atoms with Crippen LogP contribution in [0.2, 0.25) is 0 Å². The number of carbonyl (C=O) groups is 1. The van der Waals surface area contributed by atoms with Crippen LogP contribution in [0.3, 0.4) is 0 Å². The van der Waals surface area contributed by atoms with Crippen molar-refractivity contribution in [2.24, 2.45) is 5.41 Å². The molecule has 0 aromatic heterocycles. The number of likely N-dealkylation sites (N-methyl/N-ethyl adjacent to an activating group) is 1. The highest BCUT2D eigenvalue weighted by atomic mass is 16.2. The van der Waals surface area contributed by atoms with Crippen LogP contribution in [0.15, 0.2) is 0 Å². The Kier molecular flexibility index (Phi) is 4.95. The minimum absolute atomic E-state index is 0.210. The Balaban J connectivity index is 2.16. The number of nitriles is 1. The Morgan fingerprint density at radius 2 is 2.06 bits per heavy atom. The molecule has 0 bridgehead atoms. The molecule has 1 saturated heterocycles. The molecule has 4 nitrogen and oxygen atoms in total. The van der Waals surface area contributed by atoms with E-state index in [4.69, 9.17) is 5.26 Å². The molecule has 1 heterocycles. The maximum atomic E-state index is 11.5. The van der Waals surface area contributed by atoms with Crippen LogP contribution in [0.4, 0.5) is 0 Å². The van der Waals surface area contributed by atoms with Crippen LogP contribution in [0.25, 0.3) is 0 Å². The Labute approximate surface area is 104 Å². The van der Waals surface area contributed by atoms with Gasteiger partial charge in [-0.25, -0.2) is 0 Å². The molecule has 1 fully saturated rings. The number of piperazine rings is 1. The third-order valence-electron chi connectivity index (χ3n) is 3.37. The van der Waals surface area contributed by atoms with Crippen LogP contribution < -0.4 is 0 Å². The second-order valence-electron chi connectivity index (χ2n) is 5.54. The summed E-state index contributed by atoms with van der Waals surface area (Å²) in [7, 11) is 1.86. The van der Waals surface area contributed by atoms with Crippen molar-refractivity contribution in [2.75, 3.05) is 33.2 Å². The molecule has 0 radical (unpaired) electrons. The van der Waals surface area contributed by atoms with Gasteiger partial charge in [-0.2, -0.15) is 5.26 Å². The zero-order valence-electron chi connectivity index (χ0n) is 11.2. The number of hydrogen-bond donors (Lipinski definition) is 0. The van der Waals surface area contributed by atoms with Crippen molar-refractivity contribution < 1.29 is 4.79 Å². The van der Waals surface area contributed by atoms with E-state index in [-0.39, 0.29) is 11.3 Å². The van der Waals surface area contributed by atoms with Crippen LogP contribution in [0.5, 0.6) is 0 Å². The van der Waals surface area contributed by atoms with Gasteiger partial charge in [-0.05, 0) is 33.2 Å². The van der Waals surface area contributed by atoms with Gasteiger partial charge in [0.1, 0.15) is 0 Å². The first-order chi connectivity index (χ1) is 7.94. The molecule has 1 aliphatic rings. The van der Waals surface area contributed by atoms with E-state index >= 15 is 0 Å². The summed E-state index contributed by atoms with van der Waals surface area (Å²) in [6.07, 6.45) is 3.06. The SMILES string of the molecule is CN1CCN(CCCCC(C)(C)C#N)CC1=O. The molecule has 96 valence electrons. The van der Waals surface area contributed by atoms with E-state index in [0.717, 1.165) is 38.9 Å². The largest absolute Gasteiger partial charge is 0.343 e. The third kappa shape index (κ3) is 4.74. The lowest BCUT2D eigenvalue weighted by molar-refractivity contribution is -0.134. The minimum Gasteiger partial charge on any atom is -0.343 e. The van der Waals surface area contributed by atoms with Crippen molar-refractivity contribution in [1.29, 1.82) is 5.26 Å². The number of unbranched alkanes of at least 4 members (excludes halogenated alkanes) is 1. The van der Waals surface area contributed by atoms with E-state index in [0.29, 0.717) is 6.54 Å². The van der Waals surface area contributed by atoms with Gasteiger partial charge in [0, 0.05) is 20.1 Å². The number of rotatable bonds is 5. The van der Waals surface area contributed by atoms with Gasteiger partial charge in [0.2, 0.25) is 5.91 Å². The predicted molar refractivity (Wildman–Crippen MR) is 67.3 cm³/mol. The van der Waals surface area contributed by atoms with Crippen LogP contribution in [-0.4, -0.2) is 48.9 Å². The number of carbonyl (C=O) groups excluding carboxylic acids is 1. The molecule has 1 amide bonds. The van der Waals surface area contributed by atoms with Gasteiger partial charge in [0.05, 0.1) is 18.0 Å². The van der Waals surface area contributed by atoms with Crippen LogP contribution in [-0.2, 0) is 4.79 Å². The molecule has 17 heavy (non-hydrogen) atoms. The Morgan fingerprint density at radius 1 is 1.35 bits per heavy atom. The average Bonchev–Trinajstić information content (AvgIpc) is 2.29. The topological polar surface area (TPSA) is 47.3 Å². The first-order valence-electron chi connectivity index (χ1n) is 6.32. The highest BCUT2D eigenvalue weighted by Gasteiger charge is 2.21. The molecule has 0 N–H and O–H groups in total. The number of hydrogen-bond acceptors (Lipinski definition) is 3. The summed E-state index contributed by atoms with van der Waals surface area (Å²) in [6, 6.07) is 2.32. The second-order valence-corrected chi connectivity index (χ2v) is 5.54. The van der Waals surface area contributed by atoms with E-state index in [1.54, 1.807) is 4.90 Å². The van der Waals surface area contributed by atoms with Crippen LogP contribution in [0, 0.1) is 16.7 Å². The van der Waals surface area contributed by atoms with Crippen LogP contribution in [0.1, 0.15) is 33.1 Å². The predicted octanol–water partition coefficient (Wildman–Crippen LogP) is 1.48. The van der Waals surface area contributed by atoms with E-state index < -0.39 is 0 Å². The summed E-state index contributed by atoms with van der Waals surface area (Å²) in [6.45, 7) is 7.30. The molecular weight excluding hydrogens is 214 g/mol. The monoisotopic (exact) mass is 237 g/mol. The van der Waals surface area contributed by atoms with Gasteiger partial charge in [-0.15, -0.1) is 0 Å². The third-order valence-corrected chi connectivity index (χ3v) is 3.37. The van der Waals surface area contributed by atoms with Gasteiger partial charge in [-0.3, -0.25) is 9.69 Å². The fraction of sp³-hybridized carbons (Fsp3) is 0.846. The summed E-state index contributed by atoms with van der Waals surface area (Å²) in [4.78, 5) is 15.5. The van der Waals surface area contributed by atoms with Crippen molar-refractivity contribution in [3.05, 3.63) is 0 Å². The van der Waals surface area contributed by atoms with E-state index in [2.05, 4.69) is 11.0 Å². The summed E-state index contributed by atoms with van der Waals surface area (Å²) in [5.74, 6) is 0.216. The molecule has 0 aromatic carbocycles. The van der Waals surface area contributed by atoms with Crippen molar-refractivity contribution in [2.45, 2.75) is 33.1 Å². The van der Waals surface area contributed by atoms with Gasteiger partial charge in [-0.1, -0.05) is 6.42 Å². The van der Waals surface area contributed by atoms with Crippen molar-refractivity contribution >= 4 is 5.91 Å². The first-order valence-corrected chi connectivity index (χ1v) is 6.32. The van der Waals surface area contributed by atoms with Crippen LogP contribution >= 0.6 is 0 Å². The van der Waals surface area contributed by atoms with Gasteiger partial charge in [0.15, 0.2) is 0 Å². The molecule has 0 aliphatic carbocycles. The zero-order valence-corrected chi connectivity index (χ0v) is 11.2. The quantitative estimate of drug-likeness (QED) is 0.680. The standard InChI is InChI=1S/C13H23N3O/c1-13(2,11-14)6-4-5-7-16-9-8-15(3)12(17)10-16/h4-10H2,1-3H3. The number of amides is 1. The summed E-state index contributed by atoms with van der Waals surface area (Å²) >= 11 is 0. The van der Waals surface area contributed by atoms with Crippen molar-refractivity contribution in [3.63, 3.8) is 0 Å². The molecule has 1 aliphatic heterocycles. The molecule has 1 rings (SSSR count). The average molecular weight is 237 g/mol. The molecule has 0 unspecified atom stereocenters. The van der Waals surface area contributed by atoms with Crippen molar-refractivity contribution in [1.82, 2.24) is 9.80 Å². The maximum Gasteiger partial charge on any atom is 0.236 e. The lowest BCUT2D eigenvalue weighted by Crippen LogP contribution is -2.48. The fourth-order valence-electron chi connectivity index (χ4n) is 1.96. The Bertz CT molecular complexity index is 306. The molecular formula is C13H23N3O. The molecule has 0 aromatic rings. The highest BCUT2D eigenvalue weighted by Crippen LogP contribution is 2.21. The maximum absolute atomic E-state index is 11.5. The number of nitrogens with zero attached hydrogens (tertiary/aromatic N) is 3. The normalized spacial score (nSPS) is 18.2. The summed E-state index contributed by atoms with van der Waals surface area (Å²) < 4.78 is 0. The van der Waals surface area contributed by atoms with E-state index in [9.17, 15) is 4.79 Å². The molecule has 0 atom stereocenters. The van der Waals surface area contributed by atoms with E-state index in [1.165, 1.54) is 0 Å².